The van der Waals surface area contributed by atoms with Crippen LogP contribution >= 0.6 is 11.3 Å². The second-order valence-electron chi connectivity index (χ2n) is 5.25. The molecule has 1 atom stereocenters. The van der Waals surface area contributed by atoms with Gasteiger partial charge in [-0.25, -0.2) is 8.42 Å². The van der Waals surface area contributed by atoms with Crippen LogP contribution in [-0.4, -0.2) is 24.5 Å². The van der Waals surface area contributed by atoms with Crippen LogP contribution in [-0.2, 0) is 20.4 Å². The fraction of sp³-hybridized carbons (Fsp3) is 0.400. The van der Waals surface area contributed by atoms with Gasteiger partial charge in [0.15, 0.2) is 9.84 Å². The normalized spacial score (nSPS) is 12.8. The highest BCUT2D eigenvalue weighted by molar-refractivity contribution is 7.90. The van der Waals surface area contributed by atoms with Crippen LogP contribution in [0.5, 0.6) is 0 Å². The Hall–Kier alpha value is -1.80. The zero-order chi connectivity index (χ0) is 16.9. The van der Waals surface area contributed by atoms with E-state index in [2.05, 4.69) is 15.5 Å². The van der Waals surface area contributed by atoms with Crippen molar-refractivity contribution < 1.29 is 13.2 Å². The third-order valence-corrected chi connectivity index (χ3v) is 5.95. The highest BCUT2D eigenvalue weighted by atomic mass is 32.2. The first kappa shape index (κ1) is 17.6. The molecule has 124 valence electrons. The van der Waals surface area contributed by atoms with Crippen LogP contribution in [0, 0.1) is 5.92 Å². The second kappa shape index (κ2) is 7.65. The summed E-state index contributed by atoms with van der Waals surface area (Å²) < 4.78 is 24.6. The molecule has 1 N–H and O–H groups in total. The second-order valence-corrected chi connectivity index (χ2v) is 8.30. The lowest BCUT2D eigenvalue weighted by Crippen LogP contribution is -2.20. The average molecular weight is 353 g/mol. The first-order chi connectivity index (χ1) is 10.9. The number of sulfone groups is 1. The Labute approximate surface area is 139 Å². The van der Waals surface area contributed by atoms with Gasteiger partial charge < -0.3 is 5.32 Å². The standard InChI is InChI=1S/C15H19N3O3S2/c1-3-7-11(2)14(19)16-15-18-17-13(22-15)10-23(20,21)12-8-5-4-6-9-12/h4-6,8-9,11H,3,7,10H2,1-2H3,(H,16,18,19)/t11-/m0/s1. The van der Waals surface area contributed by atoms with Gasteiger partial charge in [-0.05, 0) is 18.6 Å². The minimum atomic E-state index is -3.46. The molecule has 1 heterocycles. The quantitative estimate of drug-likeness (QED) is 0.827. The maximum Gasteiger partial charge on any atom is 0.229 e. The van der Waals surface area contributed by atoms with Crippen LogP contribution in [0.4, 0.5) is 5.13 Å². The summed E-state index contributed by atoms with van der Waals surface area (Å²) in [6.45, 7) is 3.86. The number of hydrogen-bond donors (Lipinski definition) is 1. The van der Waals surface area contributed by atoms with Gasteiger partial charge >= 0.3 is 0 Å². The molecule has 8 heteroatoms. The maximum atomic E-state index is 12.3. The van der Waals surface area contributed by atoms with Crippen molar-refractivity contribution in [1.82, 2.24) is 10.2 Å². The summed E-state index contributed by atoms with van der Waals surface area (Å²) >= 11 is 1.08. The van der Waals surface area contributed by atoms with E-state index in [-0.39, 0.29) is 22.5 Å². The van der Waals surface area contributed by atoms with E-state index in [1.807, 2.05) is 13.8 Å². The van der Waals surface area contributed by atoms with Crippen LogP contribution in [0.2, 0.25) is 0 Å². The Morgan fingerprint density at radius 1 is 1.26 bits per heavy atom. The number of hydrogen-bond acceptors (Lipinski definition) is 6. The van der Waals surface area contributed by atoms with Gasteiger partial charge in [0.2, 0.25) is 11.0 Å². The smallest absolute Gasteiger partial charge is 0.229 e. The molecule has 2 rings (SSSR count). The summed E-state index contributed by atoms with van der Waals surface area (Å²) in [7, 11) is -3.46. The van der Waals surface area contributed by atoms with Crippen molar-refractivity contribution in [2.24, 2.45) is 5.92 Å². The fourth-order valence-corrected chi connectivity index (χ4v) is 4.39. The fourth-order valence-electron chi connectivity index (χ4n) is 2.03. The van der Waals surface area contributed by atoms with Gasteiger partial charge in [-0.2, -0.15) is 0 Å². The molecule has 1 aromatic heterocycles. The Morgan fingerprint density at radius 2 is 1.96 bits per heavy atom. The summed E-state index contributed by atoms with van der Waals surface area (Å²) in [6, 6.07) is 8.20. The zero-order valence-electron chi connectivity index (χ0n) is 13.0. The van der Waals surface area contributed by atoms with Crippen LogP contribution < -0.4 is 5.32 Å². The van der Waals surface area contributed by atoms with Crippen molar-refractivity contribution in [3.05, 3.63) is 35.3 Å². The monoisotopic (exact) mass is 353 g/mol. The van der Waals surface area contributed by atoms with Gasteiger partial charge in [-0.1, -0.05) is 49.8 Å². The first-order valence-electron chi connectivity index (χ1n) is 7.33. The summed E-state index contributed by atoms with van der Waals surface area (Å²) in [6.07, 6.45) is 1.71. The van der Waals surface area contributed by atoms with Crippen molar-refractivity contribution in [2.75, 3.05) is 5.32 Å². The highest BCUT2D eigenvalue weighted by Gasteiger charge is 2.19. The molecular weight excluding hydrogens is 334 g/mol. The third-order valence-electron chi connectivity index (χ3n) is 3.28. The maximum absolute atomic E-state index is 12.3. The number of nitrogens with zero attached hydrogens (tertiary/aromatic N) is 2. The topological polar surface area (TPSA) is 89.0 Å². The minimum Gasteiger partial charge on any atom is -0.300 e. The van der Waals surface area contributed by atoms with Crippen molar-refractivity contribution in [3.63, 3.8) is 0 Å². The van der Waals surface area contributed by atoms with Gasteiger partial charge in [0, 0.05) is 5.92 Å². The molecule has 0 spiro atoms. The van der Waals surface area contributed by atoms with Gasteiger partial charge in [-0.3, -0.25) is 4.79 Å². The molecule has 0 fully saturated rings. The van der Waals surface area contributed by atoms with E-state index in [1.165, 1.54) is 0 Å². The lowest BCUT2D eigenvalue weighted by molar-refractivity contribution is -0.119. The van der Waals surface area contributed by atoms with Gasteiger partial charge in [0.05, 0.1) is 4.90 Å². The first-order valence-corrected chi connectivity index (χ1v) is 9.80. The Balaban J connectivity index is 2.04. The summed E-state index contributed by atoms with van der Waals surface area (Å²) in [5.74, 6) is -0.462. The lowest BCUT2D eigenvalue weighted by atomic mass is 10.1. The van der Waals surface area contributed by atoms with Crippen LogP contribution in [0.15, 0.2) is 35.2 Å². The van der Waals surface area contributed by atoms with Crippen LogP contribution in [0.1, 0.15) is 31.7 Å². The molecule has 0 aliphatic heterocycles. The number of carbonyl (C=O) groups excluding carboxylic acids is 1. The number of nitrogens with one attached hydrogen (secondary N) is 1. The Morgan fingerprint density at radius 3 is 2.61 bits per heavy atom. The van der Waals surface area contributed by atoms with Gasteiger partial charge in [0.25, 0.3) is 0 Å². The molecule has 0 saturated heterocycles. The predicted octanol–water partition coefficient (Wildman–Crippen LogP) is 2.89. The molecule has 23 heavy (non-hydrogen) atoms. The van der Waals surface area contributed by atoms with E-state index in [9.17, 15) is 13.2 Å². The third kappa shape index (κ3) is 4.84. The molecular formula is C15H19N3O3S2. The molecule has 0 saturated carbocycles. The molecule has 0 bridgehead atoms. The average Bonchev–Trinajstić information content (AvgIpc) is 2.94. The van der Waals surface area contributed by atoms with Crippen molar-refractivity contribution in [3.8, 4) is 0 Å². The zero-order valence-corrected chi connectivity index (χ0v) is 14.7. The number of rotatable bonds is 7. The van der Waals surface area contributed by atoms with Crippen LogP contribution in [0.3, 0.4) is 0 Å². The Kier molecular flexibility index (Phi) is 5.84. The minimum absolute atomic E-state index is 0.111. The summed E-state index contributed by atoms with van der Waals surface area (Å²) in [5, 5.41) is 11.1. The molecule has 0 unspecified atom stereocenters. The van der Waals surface area contributed by atoms with E-state index in [4.69, 9.17) is 0 Å². The van der Waals surface area contributed by atoms with E-state index < -0.39 is 9.84 Å². The highest BCUT2D eigenvalue weighted by Crippen LogP contribution is 2.22. The molecule has 6 nitrogen and oxygen atoms in total. The number of aromatic nitrogens is 2. The van der Waals surface area contributed by atoms with Crippen LogP contribution in [0.25, 0.3) is 0 Å². The number of carbonyl (C=O) groups is 1. The Bertz CT molecular complexity index is 757. The lowest BCUT2D eigenvalue weighted by Gasteiger charge is -2.07. The number of benzene rings is 1. The van der Waals surface area contributed by atoms with E-state index in [0.29, 0.717) is 10.1 Å². The van der Waals surface area contributed by atoms with Crippen molar-refractivity contribution in [1.29, 1.82) is 0 Å². The molecule has 0 radical (unpaired) electrons. The number of anilines is 1. The van der Waals surface area contributed by atoms with E-state index in [0.717, 1.165) is 24.2 Å². The van der Waals surface area contributed by atoms with E-state index >= 15 is 0 Å². The predicted molar refractivity (Wildman–Crippen MR) is 89.9 cm³/mol. The largest absolute Gasteiger partial charge is 0.300 e. The van der Waals surface area contributed by atoms with Crippen molar-refractivity contribution in [2.45, 2.75) is 37.3 Å². The van der Waals surface area contributed by atoms with Gasteiger partial charge in [0.1, 0.15) is 10.8 Å². The molecule has 1 amide bonds. The molecule has 0 aliphatic carbocycles. The van der Waals surface area contributed by atoms with E-state index in [1.54, 1.807) is 30.3 Å². The summed E-state index contributed by atoms with van der Waals surface area (Å²) in [4.78, 5) is 12.2. The molecule has 1 aromatic carbocycles. The summed E-state index contributed by atoms with van der Waals surface area (Å²) in [5.41, 5.74) is 0. The van der Waals surface area contributed by atoms with Crippen molar-refractivity contribution >= 4 is 32.2 Å². The SMILES string of the molecule is CCC[C@H](C)C(=O)Nc1nnc(CS(=O)(=O)c2ccccc2)s1. The molecule has 0 aliphatic rings. The van der Waals surface area contributed by atoms with Gasteiger partial charge in [-0.15, -0.1) is 10.2 Å². The number of amides is 1. The molecule has 2 aromatic rings.